The first kappa shape index (κ1) is 14.1. The van der Waals surface area contributed by atoms with E-state index in [1.807, 2.05) is 6.92 Å². The van der Waals surface area contributed by atoms with Crippen LogP contribution in [0.3, 0.4) is 0 Å². The lowest BCUT2D eigenvalue weighted by atomic mass is 9.88. The average molecular weight is 217 g/mol. The minimum Gasteiger partial charge on any atom is -0.447 e. The topological polar surface area (TPSA) is 79.1 Å². The maximum atomic E-state index is 11.1. The molecule has 0 aromatic heterocycles. The fraction of sp³-hybridized carbons (Fsp3) is 0.800. The van der Waals surface area contributed by atoms with Crippen molar-refractivity contribution < 1.29 is 19.7 Å². The van der Waals surface area contributed by atoms with E-state index in [0.717, 1.165) is 0 Å². The fourth-order valence-corrected chi connectivity index (χ4v) is 0.897. The number of aliphatic hydroxyl groups excluding tert-OH is 2. The van der Waals surface area contributed by atoms with E-state index in [9.17, 15) is 4.79 Å². The van der Waals surface area contributed by atoms with Gasteiger partial charge in [0.05, 0.1) is 18.6 Å². The van der Waals surface area contributed by atoms with E-state index in [2.05, 4.69) is 4.99 Å². The zero-order valence-corrected chi connectivity index (χ0v) is 9.49. The van der Waals surface area contributed by atoms with Crippen molar-refractivity contribution in [2.75, 3.05) is 19.8 Å². The number of nitrogens with zero attached hydrogens (tertiary/aromatic N) is 1. The summed E-state index contributed by atoms with van der Waals surface area (Å²) in [6.07, 6.45) is -0.156. The third-order valence-electron chi connectivity index (χ3n) is 2.24. The molecule has 0 rings (SSSR count). The fourth-order valence-electron chi connectivity index (χ4n) is 0.897. The van der Waals surface area contributed by atoms with Gasteiger partial charge in [0.1, 0.15) is 6.61 Å². The number of rotatable bonds is 5. The molecule has 0 aliphatic rings. The van der Waals surface area contributed by atoms with Crippen LogP contribution in [-0.2, 0) is 4.74 Å². The molecule has 2 N–H and O–H groups in total. The van der Waals surface area contributed by atoms with Gasteiger partial charge < -0.3 is 14.9 Å². The van der Waals surface area contributed by atoms with Gasteiger partial charge in [-0.25, -0.2) is 4.79 Å². The maximum absolute atomic E-state index is 11.1. The summed E-state index contributed by atoms with van der Waals surface area (Å²) in [6.45, 7) is 4.73. The number of ether oxygens (including phenoxy) is 1. The average Bonchev–Trinajstić information content (AvgIpc) is 2.20. The predicted octanol–water partition coefficient (Wildman–Crippen LogP) is 0.985. The van der Waals surface area contributed by atoms with Gasteiger partial charge in [0, 0.05) is 5.71 Å². The Kier molecular flexibility index (Phi) is 6.12. The van der Waals surface area contributed by atoms with Gasteiger partial charge in [-0.05, 0) is 20.3 Å². The SMILES string of the molecule is CCC(CO)(CO)COC(=O)N=C(C)C. The first-order valence-corrected chi connectivity index (χ1v) is 4.90. The zero-order chi connectivity index (χ0) is 11.9. The molecule has 0 saturated heterocycles. The smallest absolute Gasteiger partial charge is 0.433 e. The maximum Gasteiger partial charge on any atom is 0.433 e. The van der Waals surface area contributed by atoms with Crippen LogP contribution in [-0.4, -0.2) is 41.8 Å². The molecule has 0 aromatic rings. The number of hydrogen-bond donors (Lipinski definition) is 2. The van der Waals surface area contributed by atoms with Crippen LogP contribution in [0.5, 0.6) is 0 Å². The Labute approximate surface area is 89.8 Å². The molecule has 0 saturated carbocycles. The molecule has 0 spiro atoms. The zero-order valence-electron chi connectivity index (χ0n) is 9.49. The van der Waals surface area contributed by atoms with Crippen LogP contribution in [0.1, 0.15) is 27.2 Å². The molecule has 5 nitrogen and oxygen atoms in total. The molecule has 15 heavy (non-hydrogen) atoms. The molecular weight excluding hydrogens is 198 g/mol. The molecule has 0 aromatic carbocycles. The molecule has 0 bridgehead atoms. The lowest BCUT2D eigenvalue weighted by Gasteiger charge is -2.26. The van der Waals surface area contributed by atoms with Crippen molar-refractivity contribution in [2.45, 2.75) is 27.2 Å². The highest BCUT2D eigenvalue weighted by Crippen LogP contribution is 2.20. The molecule has 5 heteroatoms. The van der Waals surface area contributed by atoms with Crippen molar-refractivity contribution in [1.82, 2.24) is 0 Å². The van der Waals surface area contributed by atoms with Crippen molar-refractivity contribution in [3.8, 4) is 0 Å². The Bertz CT molecular complexity index is 221. The van der Waals surface area contributed by atoms with Gasteiger partial charge in [-0.3, -0.25) is 0 Å². The van der Waals surface area contributed by atoms with E-state index in [1.165, 1.54) is 0 Å². The van der Waals surface area contributed by atoms with Gasteiger partial charge in [-0.1, -0.05) is 6.92 Å². The Balaban J connectivity index is 4.23. The van der Waals surface area contributed by atoms with Gasteiger partial charge in [0.25, 0.3) is 0 Å². The first-order chi connectivity index (χ1) is 6.99. The second kappa shape index (κ2) is 6.53. The molecular formula is C10H19NO4. The highest BCUT2D eigenvalue weighted by atomic mass is 16.5. The van der Waals surface area contributed by atoms with Gasteiger partial charge in [-0.2, -0.15) is 4.99 Å². The molecule has 0 radical (unpaired) electrons. The minimum absolute atomic E-state index is 0.0217. The molecule has 0 aliphatic carbocycles. The molecule has 0 atom stereocenters. The largest absolute Gasteiger partial charge is 0.447 e. The Morgan fingerprint density at radius 2 is 1.87 bits per heavy atom. The molecule has 0 aliphatic heterocycles. The van der Waals surface area contributed by atoms with Crippen LogP contribution in [0.15, 0.2) is 4.99 Å². The normalized spacial score (nSPS) is 11.0. The van der Waals surface area contributed by atoms with Crippen LogP contribution in [0, 0.1) is 5.41 Å². The van der Waals surface area contributed by atoms with Crippen molar-refractivity contribution in [1.29, 1.82) is 0 Å². The number of carbonyl (C=O) groups excluding carboxylic acids is 1. The second-order valence-electron chi connectivity index (χ2n) is 3.78. The van der Waals surface area contributed by atoms with Crippen LogP contribution in [0.25, 0.3) is 0 Å². The highest BCUT2D eigenvalue weighted by Gasteiger charge is 2.28. The van der Waals surface area contributed by atoms with Crippen LogP contribution < -0.4 is 0 Å². The third-order valence-corrected chi connectivity index (χ3v) is 2.24. The Morgan fingerprint density at radius 3 is 2.20 bits per heavy atom. The summed E-state index contributed by atoms with van der Waals surface area (Å²) in [5.74, 6) is 0. The number of hydrogen-bond acceptors (Lipinski definition) is 4. The van der Waals surface area contributed by atoms with Crippen molar-refractivity contribution >= 4 is 11.8 Å². The predicted molar refractivity (Wildman–Crippen MR) is 57.0 cm³/mol. The van der Waals surface area contributed by atoms with Crippen LogP contribution in [0.2, 0.25) is 0 Å². The first-order valence-electron chi connectivity index (χ1n) is 4.90. The Morgan fingerprint density at radius 1 is 1.33 bits per heavy atom. The van der Waals surface area contributed by atoms with Crippen molar-refractivity contribution in [3.05, 3.63) is 0 Å². The van der Waals surface area contributed by atoms with E-state index in [1.54, 1.807) is 13.8 Å². The summed E-state index contributed by atoms with van der Waals surface area (Å²) in [4.78, 5) is 14.7. The van der Waals surface area contributed by atoms with E-state index >= 15 is 0 Å². The summed E-state index contributed by atoms with van der Waals surface area (Å²) < 4.78 is 4.84. The molecule has 1 amide bonds. The Hall–Kier alpha value is -0.940. The summed E-state index contributed by atoms with van der Waals surface area (Å²) in [7, 11) is 0. The number of amides is 1. The summed E-state index contributed by atoms with van der Waals surface area (Å²) in [6, 6.07) is 0. The van der Waals surface area contributed by atoms with Crippen molar-refractivity contribution in [2.24, 2.45) is 10.4 Å². The molecule has 88 valence electrons. The molecule has 0 unspecified atom stereocenters. The van der Waals surface area contributed by atoms with E-state index in [-0.39, 0.29) is 19.8 Å². The highest BCUT2D eigenvalue weighted by molar-refractivity contribution is 5.89. The second-order valence-corrected chi connectivity index (χ2v) is 3.78. The van der Waals surface area contributed by atoms with Gasteiger partial charge >= 0.3 is 6.09 Å². The lowest BCUT2D eigenvalue weighted by molar-refractivity contribution is -0.00301. The summed E-state index contributed by atoms with van der Waals surface area (Å²) >= 11 is 0. The number of aliphatic hydroxyl groups is 2. The number of aliphatic imine (C=N–C) groups is 1. The summed E-state index contributed by atoms with van der Waals surface area (Å²) in [5.41, 5.74) is -0.151. The standard InChI is InChI=1S/C10H19NO4/c1-4-10(5-12,6-13)7-15-9(14)11-8(2)3/h12-13H,4-7H2,1-3H3. The van der Waals surface area contributed by atoms with E-state index in [4.69, 9.17) is 14.9 Å². The quantitative estimate of drug-likeness (QED) is 0.673. The van der Waals surface area contributed by atoms with Crippen LogP contribution in [0.4, 0.5) is 4.79 Å². The van der Waals surface area contributed by atoms with Gasteiger partial charge in [-0.15, -0.1) is 0 Å². The molecule has 0 heterocycles. The number of carbonyl (C=O) groups is 1. The minimum atomic E-state index is -0.757. The van der Waals surface area contributed by atoms with Gasteiger partial charge in [0.15, 0.2) is 0 Å². The van der Waals surface area contributed by atoms with E-state index in [0.29, 0.717) is 12.1 Å². The molecule has 0 fully saturated rings. The monoisotopic (exact) mass is 217 g/mol. The summed E-state index contributed by atoms with van der Waals surface area (Å²) in [5, 5.41) is 18.2. The third kappa shape index (κ3) is 4.90. The van der Waals surface area contributed by atoms with Crippen molar-refractivity contribution in [3.63, 3.8) is 0 Å². The van der Waals surface area contributed by atoms with E-state index < -0.39 is 11.5 Å². The van der Waals surface area contributed by atoms with Gasteiger partial charge in [0.2, 0.25) is 0 Å². The van der Waals surface area contributed by atoms with Crippen LogP contribution >= 0.6 is 0 Å². The lowest BCUT2D eigenvalue weighted by Crippen LogP contribution is -2.35.